The molecule has 0 aliphatic heterocycles. The van der Waals surface area contributed by atoms with Gasteiger partial charge in [0.15, 0.2) is 0 Å². The third kappa shape index (κ3) is 2.82. The predicted octanol–water partition coefficient (Wildman–Crippen LogP) is 2.61. The van der Waals surface area contributed by atoms with E-state index < -0.39 is 0 Å². The minimum absolute atomic E-state index is 0.407. The van der Waals surface area contributed by atoms with Crippen molar-refractivity contribution in [3.8, 4) is 0 Å². The van der Waals surface area contributed by atoms with E-state index in [1.807, 2.05) is 19.1 Å². The minimum atomic E-state index is 0.407. The van der Waals surface area contributed by atoms with E-state index in [1.54, 1.807) is 0 Å². The summed E-state index contributed by atoms with van der Waals surface area (Å²) < 4.78 is 5.56. The summed E-state index contributed by atoms with van der Waals surface area (Å²) in [6.45, 7) is 4.90. The molecule has 0 atom stereocenters. The van der Waals surface area contributed by atoms with Gasteiger partial charge >= 0.3 is 0 Å². The molecule has 0 unspecified atom stereocenters. The maximum absolute atomic E-state index is 5.76. The summed E-state index contributed by atoms with van der Waals surface area (Å²) in [5, 5.41) is 3.54. The van der Waals surface area contributed by atoms with Gasteiger partial charge in [0.25, 0.3) is 0 Å². The number of hydrogen-bond donors (Lipinski definition) is 2. The highest BCUT2D eigenvalue weighted by molar-refractivity contribution is 7.80. The van der Waals surface area contributed by atoms with Gasteiger partial charge in [0.1, 0.15) is 4.99 Å². The molecule has 1 aliphatic rings. The van der Waals surface area contributed by atoms with Crippen molar-refractivity contribution in [2.24, 2.45) is 5.73 Å². The van der Waals surface area contributed by atoms with Crippen molar-refractivity contribution in [2.75, 3.05) is 11.9 Å². The lowest BCUT2D eigenvalue weighted by molar-refractivity contribution is 0.00298. The maximum atomic E-state index is 5.76. The molecule has 3 nitrogen and oxygen atoms in total. The predicted molar refractivity (Wildman–Crippen MR) is 79.1 cm³/mol. The first-order valence-corrected chi connectivity index (χ1v) is 6.80. The molecule has 98 valence electrons. The van der Waals surface area contributed by atoms with Gasteiger partial charge in [-0.05, 0) is 38.3 Å². The third-order valence-electron chi connectivity index (χ3n) is 3.38. The summed E-state index contributed by atoms with van der Waals surface area (Å²) in [6.07, 6.45) is 2.52. The van der Waals surface area contributed by atoms with E-state index in [-0.39, 0.29) is 0 Å². The average Bonchev–Trinajstić information content (AvgIpc) is 2.28. The van der Waals surface area contributed by atoms with E-state index in [2.05, 4.69) is 18.3 Å². The first-order valence-electron chi connectivity index (χ1n) is 6.39. The molecule has 0 saturated heterocycles. The Morgan fingerprint density at radius 2 is 2.22 bits per heavy atom. The van der Waals surface area contributed by atoms with Crippen LogP contribution in [0.3, 0.4) is 0 Å². The Labute approximate surface area is 114 Å². The molecule has 0 aromatic heterocycles. The van der Waals surface area contributed by atoms with Crippen LogP contribution in [0.4, 0.5) is 5.69 Å². The van der Waals surface area contributed by atoms with Crippen LogP contribution in [0.1, 0.15) is 30.9 Å². The highest BCUT2D eigenvalue weighted by atomic mass is 32.1. The summed E-state index contributed by atoms with van der Waals surface area (Å²) in [5.41, 5.74) is 8.95. The largest absolute Gasteiger partial charge is 0.389 e. The van der Waals surface area contributed by atoms with Crippen LogP contribution < -0.4 is 11.1 Å². The van der Waals surface area contributed by atoms with Crippen molar-refractivity contribution in [3.63, 3.8) is 0 Å². The fourth-order valence-corrected chi connectivity index (χ4v) is 2.49. The van der Waals surface area contributed by atoms with Crippen molar-refractivity contribution in [1.29, 1.82) is 0 Å². The zero-order valence-corrected chi connectivity index (χ0v) is 11.7. The Hall–Kier alpha value is -1.13. The van der Waals surface area contributed by atoms with Gasteiger partial charge in [-0.25, -0.2) is 0 Å². The molecule has 0 radical (unpaired) electrons. The topological polar surface area (TPSA) is 47.3 Å². The second kappa shape index (κ2) is 5.67. The van der Waals surface area contributed by atoms with Crippen molar-refractivity contribution in [1.82, 2.24) is 0 Å². The van der Waals surface area contributed by atoms with Crippen LogP contribution in [-0.2, 0) is 4.74 Å². The summed E-state index contributed by atoms with van der Waals surface area (Å²) in [6, 6.07) is 6.49. The summed E-state index contributed by atoms with van der Waals surface area (Å²) >= 11 is 5.09. The molecule has 0 spiro atoms. The van der Waals surface area contributed by atoms with Crippen LogP contribution in [0, 0.1) is 6.92 Å². The number of hydrogen-bond acceptors (Lipinski definition) is 3. The Bertz CT molecular complexity index is 441. The standard InChI is InChI=1S/C14H20N2OS/c1-3-17-11-7-10(8-11)16-13-9(2)5-4-6-12(13)14(15)18/h4-6,10-11,16H,3,7-8H2,1-2H3,(H2,15,18). The van der Waals surface area contributed by atoms with E-state index in [0.29, 0.717) is 17.1 Å². The fourth-order valence-electron chi connectivity index (χ4n) is 2.32. The quantitative estimate of drug-likeness (QED) is 0.803. The molecular weight excluding hydrogens is 244 g/mol. The first kappa shape index (κ1) is 13.3. The van der Waals surface area contributed by atoms with Crippen molar-refractivity contribution in [3.05, 3.63) is 29.3 Å². The number of anilines is 1. The van der Waals surface area contributed by atoms with Gasteiger partial charge in [-0.1, -0.05) is 24.4 Å². The lowest BCUT2D eigenvalue weighted by Crippen LogP contribution is -2.41. The minimum Gasteiger partial charge on any atom is -0.389 e. The average molecular weight is 264 g/mol. The smallest absolute Gasteiger partial charge is 0.106 e. The van der Waals surface area contributed by atoms with E-state index >= 15 is 0 Å². The van der Waals surface area contributed by atoms with Crippen LogP contribution in [0.2, 0.25) is 0 Å². The molecule has 0 amide bonds. The van der Waals surface area contributed by atoms with Gasteiger partial charge in [-0.3, -0.25) is 0 Å². The molecule has 3 N–H and O–H groups in total. The van der Waals surface area contributed by atoms with Gasteiger partial charge in [-0.15, -0.1) is 0 Å². The number of thiocarbonyl (C=S) groups is 1. The summed E-state index contributed by atoms with van der Waals surface area (Å²) in [7, 11) is 0. The van der Waals surface area contributed by atoms with E-state index in [0.717, 1.165) is 30.7 Å². The van der Waals surface area contributed by atoms with Gasteiger partial charge < -0.3 is 15.8 Å². The molecule has 1 saturated carbocycles. The summed E-state index contributed by atoms with van der Waals surface area (Å²) in [5.74, 6) is 0. The molecule has 1 aromatic rings. The number of benzene rings is 1. The number of aryl methyl sites for hydroxylation is 1. The molecule has 0 heterocycles. The van der Waals surface area contributed by atoms with Gasteiger partial charge in [0.2, 0.25) is 0 Å². The molecule has 4 heteroatoms. The van der Waals surface area contributed by atoms with Crippen LogP contribution in [0.25, 0.3) is 0 Å². The van der Waals surface area contributed by atoms with E-state index in [9.17, 15) is 0 Å². The van der Waals surface area contributed by atoms with Crippen LogP contribution in [0.15, 0.2) is 18.2 Å². The lowest BCUT2D eigenvalue weighted by Gasteiger charge is -2.36. The second-order valence-electron chi connectivity index (χ2n) is 4.75. The molecule has 1 aliphatic carbocycles. The second-order valence-corrected chi connectivity index (χ2v) is 5.19. The van der Waals surface area contributed by atoms with Gasteiger partial charge in [0, 0.05) is 23.9 Å². The molecule has 18 heavy (non-hydrogen) atoms. The van der Waals surface area contributed by atoms with Gasteiger partial charge in [-0.2, -0.15) is 0 Å². The van der Waals surface area contributed by atoms with Crippen molar-refractivity contribution < 1.29 is 4.74 Å². The van der Waals surface area contributed by atoms with E-state index in [1.165, 1.54) is 5.56 Å². The van der Waals surface area contributed by atoms with Crippen molar-refractivity contribution >= 4 is 22.9 Å². The normalized spacial score (nSPS) is 22.3. The van der Waals surface area contributed by atoms with Crippen LogP contribution in [0.5, 0.6) is 0 Å². The Balaban J connectivity index is 2.04. The van der Waals surface area contributed by atoms with E-state index in [4.69, 9.17) is 22.7 Å². The van der Waals surface area contributed by atoms with Gasteiger partial charge in [0.05, 0.1) is 6.10 Å². The first-order chi connectivity index (χ1) is 8.61. The monoisotopic (exact) mass is 264 g/mol. The number of nitrogens with one attached hydrogen (secondary N) is 1. The van der Waals surface area contributed by atoms with Crippen molar-refractivity contribution in [2.45, 2.75) is 38.8 Å². The molecule has 1 aromatic carbocycles. The highest BCUT2D eigenvalue weighted by Gasteiger charge is 2.30. The zero-order chi connectivity index (χ0) is 13.1. The Morgan fingerprint density at radius 1 is 1.50 bits per heavy atom. The summed E-state index contributed by atoms with van der Waals surface area (Å²) in [4.78, 5) is 0.446. The van der Waals surface area contributed by atoms with Crippen LogP contribution in [-0.4, -0.2) is 23.7 Å². The number of ether oxygens (including phenoxy) is 1. The lowest BCUT2D eigenvalue weighted by atomic mass is 9.88. The highest BCUT2D eigenvalue weighted by Crippen LogP contribution is 2.29. The number of nitrogens with two attached hydrogens (primary N) is 1. The SMILES string of the molecule is CCOC1CC(Nc2c(C)cccc2C(N)=S)C1. The Kier molecular flexibility index (Phi) is 4.19. The zero-order valence-electron chi connectivity index (χ0n) is 10.9. The molecule has 2 rings (SSSR count). The fraction of sp³-hybridized carbons (Fsp3) is 0.500. The number of para-hydroxylation sites is 1. The third-order valence-corrected chi connectivity index (χ3v) is 3.60. The maximum Gasteiger partial charge on any atom is 0.106 e. The van der Waals surface area contributed by atoms with Crippen LogP contribution >= 0.6 is 12.2 Å². The number of rotatable bonds is 5. The molecule has 1 fully saturated rings. The molecule has 0 bridgehead atoms. The Morgan fingerprint density at radius 3 is 2.83 bits per heavy atom. The molecular formula is C14H20N2OS.